The van der Waals surface area contributed by atoms with Gasteiger partial charge in [0.2, 0.25) is 11.8 Å². The van der Waals surface area contributed by atoms with Crippen molar-refractivity contribution >= 4 is 28.7 Å². The van der Waals surface area contributed by atoms with E-state index in [4.69, 9.17) is 19.6 Å². The molecule has 0 spiro atoms. The average Bonchev–Trinajstić information content (AvgIpc) is 3.68. The molecule has 1 aromatic carbocycles. The van der Waals surface area contributed by atoms with Crippen LogP contribution in [0, 0.1) is 0 Å². The van der Waals surface area contributed by atoms with Crippen molar-refractivity contribution in [1.82, 2.24) is 39.2 Å². The van der Waals surface area contributed by atoms with Crippen LogP contribution in [-0.2, 0) is 6.54 Å². The van der Waals surface area contributed by atoms with Gasteiger partial charge in [-0.1, -0.05) is 0 Å². The number of amides is 1. The number of nitrogens with zero attached hydrogens (tertiary/aromatic N) is 8. The van der Waals surface area contributed by atoms with Crippen LogP contribution in [0.5, 0.6) is 11.5 Å². The van der Waals surface area contributed by atoms with Crippen molar-refractivity contribution in [3.05, 3.63) is 48.9 Å². The largest absolute Gasteiger partial charge is 0.497 e. The Morgan fingerprint density at radius 1 is 1.03 bits per heavy atom. The lowest BCUT2D eigenvalue weighted by Crippen LogP contribution is -2.50. The van der Waals surface area contributed by atoms with Crippen LogP contribution in [0.4, 0.5) is 10.7 Å². The van der Waals surface area contributed by atoms with Crippen LogP contribution in [0.1, 0.15) is 0 Å². The third-order valence-electron chi connectivity index (χ3n) is 6.36. The Morgan fingerprint density at radius 3 is 2.54 bits per heavy atom. The molecule has 0 atom stereocenters. The summed E-state index contributed by atoms with van der Waals surface area (Å²) in [6, 6.07) is 10.5. The van der Waals surface area contributed by atoms with Crippen molar-refractivity contribution in [1.29, 1.82) is 0 Å². The number of carbonyl (C=O) groups is 1. The average molecular weight is 504 g/mol. The van der Waals surface area contributed by atoms with Gasteiger partial charge in [0.1, 0.15) is 11.5 Å². The van der Waals surface area contributed by atoms with E-state index in [0.29, 0.717) is 54.0 Å². The summed E-state index contributed by atoms with van der Waals surface area (Å²) in [5.41, 5.74) is 7.40. The van der Waals surface area contributed by atoms with E-state index in [1.807, 2.05) is 4.68 Å². The number of piperazine rings is 1. The first-order valence-corrected chi connectivity index (χ1v) is 11.8. The zero-order valence-corrected chi connectivity index (χ0v) is 20.1. The van der Waals surface area contributed by atoms with Crippen molar-refractivity contribution in [2.45, 2.75) is 6.54 Å². The number of carbonyl (C=O) groups excluding carboxylic acids is 1. The number of nitrogens with two attached hydrogens (primary N) is 1. The van der Waals surface area contributed by atoms with Crippen LogP contribution >= 0.6 is 0 Å². The monoisotopic (exact) mass is 503 g/mol. The molecule has 1 amide bonds. The summed E-state index contributed by atoms with van der Waals surface area (Å²) in [7, 11) is 1.59. The predicted molar refractivity (Wildman–Crippen MR) is 133 cm³/mol. The fourth-order valence-corrected chi connectivity index (χ4v) is 4.33. The molecule has 190 valence electrons. The van der Waals surface area contributed by atoms with E-state index < -0.39 is 0 Å². The number of nitrogen functional groups attached to an aromatic ring is 1. The molecule has 1 saturated heterocycles. The zero-order chi connectivity index (χ0) is 25.4. The Balaban J connectivity index is 1.08. The summed E-state index contributed by atoms with van der Waals surface area (Å²) in [4.78, 5) is 25.6. The van der Waals surface area contributed by atoms with Crippen molar-refractivity contribution < 1.29 is 18.7 Å². The van der Waals surface area contributed by atoms with Crippen LogP contribution in [-0.4, -0.2) is 85.1 Å². The maximum atomic E-state index is 12.5. The Labute approximate surface area is 211 Å². The number of benzene rings is 1. The molecule has 0 aliphatic carbocycles. The number of furan rings is 1. The number of hydrogen-bond donors (Lipinski definition) is 1. The number of aromatic nitrogens is 6. The van der Waals surface area contributed by atoms with Crippen molar-refractivity contribution in [3.63, 3.8) is 0 Å². The minimum absolute atomic E-state index is 0.221. The van der Waals surface area contributed by atoms with Crippen LogP contribution in [0.3, 0.4) is 0 Å². The van der Waals surface area contributed by atoms with E-state index in [0.717, 1.165) is 25.0 Å². The van der Waals surface area contributed by atoms with E-state index in [1.54, 1.807) is 60.9 Å². The highest BCUT2D eigenvalue weighted by Crippen LogP contribution is 2.23. The maximum Gasteiger partial charge on any atom is 0.415 e. The molecule has 2 N–H and O–H groups in total. The molecule has 1 fully saturated rings. The Hall–Kier alpha value is -4.65. The number of hydrogen-bond acceptors (Lipinski definition) is 10. The molecule has 6 rings (SSSR count). The lowest BCUT2D eigenvalue weighted by molar-refractivity contribution is 0.109. The summed E-state index contributed by atoms with van der Waals surface area (Å²) >= 11 is 0. The van der Waals surface area contributed by atoms with E-state index in [9.17, 15) is 4.79 Å². The summed E-state index contributed by atoms with van der Waals surface area (Å²) in [5.74, 6) is 2.40. The van der Waals surface area contributed by atoms with E-state index in [2.05, 4.69) is 25.1 Å². The molecule has 4 aromatic heterocycles. The standard InChI is InChI=1S/C24H25N9O4/c1-35-16-4-6-17(7-5-16)37-24(34)31-11-8-30(9-12-31)10-13-32-21-18(15-26-32)22-27-20(19-3-2-14-36-19)29-33(22)23(25)28-21/h2-7,14-15H,8-13H2,1H3,(H2,25,28). The molecule has 13 nitrogen and oxygen atoms in total. The highest BCUT2D eigenvalue weighted by Gasteiger charge is 2.23. The molecular weight excluding hydrogens is 478 g/mol. The Kier molecular flexibility index (Phi) is 5.81. The molecule has 0 saturated carbocycles. The van der Waals surface area contributed by atoms with Crippen molar-refractivity contribution in [3.8, 4) is 23.1 Å². The fourth-order valence-electron chi connectivity index (χ4n) is 4.33. The highest BCUT2D eigenvalue weighted by molar-refractivity contribution is 5.90. The molecule has 0 unspecified atom stereocenters. The quantitative estimate of drug-likeness (QED) is 0.366. The molecular formula is C24H25N9O4. The fraction of sp³-hybridized carbons (Fsp3) is 0.292. The molecule has 13 heteroatoms. The van der Waals surface area contributed by atoms with Crippen LogP contribution in [0.2, 0.25) is 0 Å². The van der Waals surface area contributed by atoms with Crippen molar-refractivity contribution in [2.75, 3.05) is 45.6 Å². The minimum atomic E-state index is -0.353. The first kappa shape index (κ1) is 22.8. The number of ether oxygens (including phenoxy) is 2. The van der Waals surface area contributed by atoms with Gasteiger partial charge >= 0.3 is 6.09 Å². The zero-order valence-electron chi connectivity index (χ0n) is 20.1. The van der Waals surface area contributed by atoms with Gasteiger partial charge in [-0.15, -0.1) is 5.10 Å². The molecule has 5 aromatic rings. The van der Waals surface area contributed by atoms with Crippen LogP contribution in [0.25, 0.3) is 28.3 Å². The molecule has 0 bridgehead atoms. The third kappa shape index (κ3) is 4.40. The second-order valence-corrected chi connectivity index (χ2v) is 8.60. The first-order valence-electron chi connectivity index (χ1n) is 11.8. The van der Waals surface area contributed by atoms with Gasteiger partial charge in [0.25, 0.3) is 0 Å². The molecule has 0 radical (unpaired) electrons. The molecule has 1 aliphatic heterocycles. The van der Waals surface area contributed by atoms with Gasteiger partial charge in [0.05, 0.1) is 31.5 Å². The van der Waals surface area contributed by atoms with Crippen LogP contribution in [0.15, 0.2) is 53.3 Å². The molecule has 1 aliphatic rings. The lowest BCUT2D eigenvalue weighted by atomic mass is 10.3. The van der Waals surface area contributed by atoms with Gasteiger partial charge in [0.15, 0.2) is 17.1 Å². The third-order valence-corrected chi connectivity index (χ3v) is 6.36. The SMILES string of the molecule is COc1ccc(OC(=O)N2CCN(CCn3ncc4c3nc(N)n3nc(-c5ccco5)nc43)CC2)cc1. The van der Waals surface area contributed by atoms with E-state index >= 15 is 0 Å². The van der Waals surface area contributed by atoms with Gasteiger partial charge in [-0.3, -0.25) is 4.90 Å². The summed E-state index contributed by atoms with van der Waals surface area (Å²) in [6.45, 7) is 3.98. The summed E-state index contributed by atoms with van der Waals surface area (Å²) < 4.78 is 19.3. The van der Waals surface area contributed by atoms with Gasteiger partial charge in [-0.05, 0) is 36.4 Å². The topological polar surface area (TPSA) is 142 Å². The Bertz CT molecular complexity index is 1530. The van der Waals surface area contributed by atoms with E-state index in [-0.39, 0.29) is 12.0 Å². The lowest BCUT2D eigenvalue weighted by Gasteiger charge is -2.33. The predicted octanol–water partition coefficient (Wildman–Crippen LogP) is 2.14. The number of fused-ring (bicyclic) bond motifs is 3. The number of rotatable bonds is 6. The van der Waals surface area contributed by atoms with Gasteiger partial charge < -0.3 is 24.5 Å². The first-order chi connectivity index (χ1) is 18.1. The Morgan fingerprint density at radius 2 is 1.81 bits per heavy atom. The van der Waals surface area contributed by atoms with E-state index in [1.165, 1.54) is 4.52 Å². The number of methoxy groups -OCH3 is 1. The summed E-state index contributed by atoms with van der Waals surface area (Å²) in [5, 5.41) is 9.69. The highest BCUT2D eigenvalue weighted by atomic mass is 16.6. The summed E-state index contributed by atoms with van der Waals surface area (Å²) in [6.07, 6.45) is 2.94. The van der Waals surface area contributed by atoms with Crippen LogP contribution < -0.4 is 15.2 Å². The number of anilines is 1. The minimum Gasteiger partial charge on any atom is -0.497 e. The van der Waals surface area contributed by atoms with Gasteiger partial charge in [-0.25, -0.2) is 14.5 Å². The van der Waals surface area contributed by atoms with Gasteiger partial charge in [0, 0.05) is 32.7 Å². The van der Waals surface area contributed by atoms with Crippen molar-refractivity contribution in [2.24, 2.45) is 0 Å². The maximum absolute atomic E-state index is 12.5. The smallest absolute Gasteiger partial charge is 0.415 e. The second-order valence-electron chi connectivity index (χ2n) is 8.60. The normalized spacial score (nSPS) is 14.5. The molecule has 37 heavy (non-hydrogen) atoms. The second kappa shape index (κ2) is 9.43. The molecule has 5 heterocycles. The van der Waals surface area contributed by atoms with Gasteiger partial charge in [-0.2, -0.15) is 14.6 Å².